The first kappa shape index (κ1) is 33.1. The average molecular weight is 687 g/mol. The topological polar surface area (TPSA) is 116 Å². The molecule has 2 atom stereocenters. The highest BCUT2D eigenvalue weighted by Crippen LogP contribution is 2.44. The van der Waals surface area contributed by atoms with Crippen molar-refractivity contribution in [1.29, 1.82) is 0 Å². The van der Waals surface area contributed by atoms with Crippen LogP contribution in [0.4, 0.5) is 9.59 Å². The molecule has 2 aliphatic carbocycles. The second-order valence-corrected chi connectivity index (χ2v) is 12.6. The first-order valence-electron chi connectivity index (χ1n) is 15.7. The normalized spacial score (nSPS) is 16.2. The molecular weight excluding hydrogens is 653 g/mol. The predicted molar refractivity (Wildman–Crippen MR) is 183 cm³/mol. The van der Waals surface area contributed by atoms with Crippen LogP contribution in [0.1, 0.15) is 35.1 Å². The summed E-state index contributed by atoms with van der Waals surface area (Å²) in [6.07, 6.45) is 5.07. The van der Waals surface area contributed by atoms with Crippen molar-refractivity contribution >= 4 is 58.2 Å². The second kappa shape index (κ2) is 14.5. The monoisotopic (exact) mass is 685 g/mol. The molecule has 48 heavy (non-hydrogen) atoms. The first-order valence-corrected chi connectivity index (χ1v) is 16.4. The number of alkyl carbamates (subject to hydrolysis) is 1. The molecule has 11 heteroatoms. The summed E-state index contributed by atoms with van der Waals surface area (Å²) in [4.78, 5) is 53.9. The number of amides is 3. The molecule has 3 amide bonds. The molecule has 0 spiro atoms. The standard InChI is InChI=1S/C37H33Cl2N3O6/c38-25-16-15-24(32(39)21-25)20-30(35(44)41-17-8-18-42(41)37(46)47)34(43)33(19-23-9-2-1-3-10-23)40-36(45)48-22-31-28-13-6-4-11-26(28)27-12-5-7-14-29(27)31/h1-7,9-13,15-16,21,30,33H,8,14,17-20,22H2,(H,40,45)(H,46,47). The van der Waals surface area contributed by atoms with Gasteiger partial charge in [0.05, 0.1) is 6.04 Å². The Morgan fingerprint density at radius 1 is 0.896 bits per heavy atom. The zero-order chi connectivity index (χ0) is 33.8. The van der Waals surface area contributed by atoms with Crippen molar-refractivity contribution in [3.05, 3.63) is 129 Å². The van der Waals surface area contributed by atoms with Crippen molar-refractivity contribution in [2.75, 3.05) is 19.7 Å². The molecule has 3 aliphatic rings. The number of fused-ring (bicyclic) bond motifs is 3. The van der Waals surface area contributed by atoms with Gasteiger partial charge >= 0.3 is 12.2 Å². The summed E-state index contributed by atoms with van der Waals surface area (Å²) in [6, 6.07) is 20.6. The fourth-order valence-corrected chi connectivity index (χ4v) is 6.97. The molecule has 0 radical (unpaired) electrons. The Bertz CT molecular complexity index is 1850. The van der Waals surface area contributed by atoms with Gasteiger partial charge < -0.3 is 15.2 Å². The van der Waals surface area contributed by atoms with Crippen molar-refractivity contribution in [3.8, 4) is 0 Å². The molecule has 1 saturated heterocycles. The van der Waals surface area contributed by atoms with E-state index in [1.807, 2.05) is 60.7 Å². The van der Waals surface area contributed by atoms with Gasteiger partial charge in [0.25, 0.3) is 5.91 Å². The highest BCUT2D eigenvalue weighted by Gasteiger charge is 2.41. The van der Waals surface area contributed by atoms with E-state index in [1.165, 1.54) is 6.07 Å². The lowest BCUT2D eigenvalue weighted by molar-refractivity contribution is -0.150. The van der Waals surface area contributed by atoms with E-state index < -0.39 is 35.8 Å². The molecule has 9 nitrogen and oxygen atoms in total. The van der Waals surface area contributed by atoms with Gasteiger partial charge in [-0.3, -0.25) is 9.59 Å². The van der Waals surface area contributed by atoms with Crippen LogP contribution in [-0.2, 0) is 27.2 Å². The summed E-state index contributed by atoms with van der Waals surface area (Å²) in [6.45, 7) is 0.238. The number of allylic oxidation sites excluding steroid dienone is 5. The molecule has 3 aromatic rings. The van der Waals surface area contributed by atoms with Gasteiger partial charge in [0.2, 0.25) is 0 Å². The van der Waals surface area contributed by atoms with E-state index in [0.29, 0.717) is 23.4 Å². The van der Waals surface area contributed by atoms with Crippen LogP contribution in [0.15, 0.2) is 96.6 Å². The number of carbonyl (C=O) groups is 4. The number of nitrogens with one attached hydrogen (secondary N) is 1. The van der Waals surface area contributed by atoms with Crippen molar-refractivity contribution < 1.29 is 29.0 Å². The number of ketones is 1. The molecule has 1 fully saturated rings. The maximum atomic E-state index is 14.5. The van der Waals surface area contributed by atoms with Gasteiger partial charge in [-0.05, 0) is 71.2 Å². The lowest BCUT2D eigenvalue weighted by Crippen LogP contribution is -2.53. The van der Waals surface area contributed by atoms with Gasteiger partial charge in [0.15, 0.2) is 5.78 Å². The maximum Gasteiger partial charge on any atom is 0.426 e. The van der Waals surface area contributed by atoms with E-state index in [9.17, 15) is 24.3 Å². The molecule has 6 rings (SSSR count). The highest BCUT2D eigenvalue weighted by molar-refractivity contribution is 6.35. The molecule has 2 unspecified atom stereocenters. The molecule has 0 aromatic heterocycles. The number of hydrazine groups is 1. The molecule has 3 aromatic carbocycles. The number of carboxylic acid groups (broad SMARTS) is 1. The largest absolute Gasteiger partial charge is 0.464 e. The molecule has 246 valence electrons. The number of hydrogen-bond donors (Lipinski definition) is 2. The van der Waals surface area contributed by atoms with Crippen LogP contribution >= 0.6 is 23.2 Å². The fraction of sp³-hybridized carbons (Fsp3) is 0.243. The number of halogens is 2. The van der Waals surface area contributed by atoms with Crippen LogP contribution in [-0.4, -0.2) is 64.7 Å². The second-order valence-electron chi connectivity index (χ2n) is 11.8. The molecule has 2 N–H and O–H groups in total. The van der Waals surface area contributed by atoms with Crippen molar-refractivity contribution in [2.45, 2.75) is 31.7 Å². The van der Waals surface area contributed by atoms with E-state index >= 15 is 0 Å². The molecule has 0 saturated carbocycles. The summed E-state index contributed by atoms with van der Waals surface area (Å²) in [5.74, 6) is -2.66. The fourth-order valence-electron chi connectivity index (χ4n) is 6.48. The third kappa shape index (κ3) is 7.02. The number of ether oxygens (including phenoxy) is 1. The highest BCUT2D eigenvalue weighted by atomic mass is 35.5. The van der Waals surface area contributed by atoms with Gasteiger partial charge in [-0.2, -0.15) is 0 Å². The van der Waals surface area contributed by atoms with Gasteiger partial charge in [0.1, 0.15) is 12.5 Å². The van der Waals surface area contributed by atoms with E-state index in [0.717, 1.165) is 43.4 Å². The van der Waals surface area contributed by atoms with Gasteiger partial charge in [-0.15, -0.1) is 0 Å². The minimum absolute atomic E-state index is 0.0142. The molecular formula is C37H33Cl2N3O6. The first-order chi connectivity index (χ1) is 23.2. The number of nitrogens with zero attached hydrogens (tertiary/aromatic N) is 2. The number of Topliss-reactive ketones (excluding diaryl/α,β-unsaturated/α-hetero) is 1. The SMILES string of the molecule is O=C(NC(Cc1ccccc1)C(=O)C(Cc1ccc(Cl)cc1Cl)C(=O)N1CCCN1C(=O)O)OCC1=C2CC=CC=C2c2ccccc21. The number of carbonyl (C=O) groups excluding carboxylic acids is 3. The summed E-state index contributed by atoms with van der Waals surface area (Å²) in [7, 11) is 0. The number of benzene rings is 3. The van der Waals surface area contributed by atoms with E-state index in [-0.39, 0.29) is 37.6 Å². The smallest absolute Gasteiger partial charge is 0.426 e. The Kier molecular flexibility index (Phi) is 9.98. The molecule has 0 bridgehead atoms. The third-order valence-electron chi connectivity index (χ3n) is 8.81. The Morgan fingerprint density at radius 3 is 2.38 bits per heavy atom. The number of hydrogen-bond acceptors (Lipinski definition) is 5. The lowest BCUT2D eigenvalue weighted by atomic mass is 9.88. The Morgan fingerprint density at radius 2 is 1.62 bits per heavy atom. The van der Waals surface area contributed by atoms with E-state index in [2.05, 4.69) is 17.5 Å². The van der Waals surface area contributed by atoms with Crippen LogP contribution < -0.4 is 5.32 Å². The van der Waals surface area contributed by atoms with E-state index in [4.69, 9.17) is 27.9 Å². The Labute approximate surface area is 288 Å². The van der Waals surface area contributed by atoms with E-state index in [1.54, 1.807) is 12.1 Å². The van der Waals surface area contributed by atoms with Crippen molar-refractivity contribution in [3.63, 3.8) is 0 Å². The summed E-state index contributed by atoms with van der Waals surface area (Å²) >= 11 is 12.6. The molecule has 1 heterocycles. The van der Waals surface area contributed by atoms with Gasteiger partial charge in [0, 0.05) is 28.7 Å². The van der Waals surface area contributed by atoms with Gasteiger partial charge in [-0.1, -0.05) is 102 Å². The average Bonchev–Trinajstić information content (AvgIpc) is 3.71. The zero-order valence-electron chi connectivity index (χ0n) is 25.9. The van der Waals surface area contributed by atoms with Crippen LogP contribution in [0.25, 0.3) is 11.1 Å². The van der Waals surface area contributed by atoms with Crippen LogP contribution in [0, 0.1) is 5.92 Å². The van der Waals surface area contributed by atoms with Gasteiger partial charge in [-0.25, -0.2) is 19.6 Å². The van der Waals surface area contributed by atoms with Crippen molar-refractivity contribution in [1.82, 2.24) is 15.3 Å². The maximum absolute atomic E-state index is 14.5. The predicted octanol–water partition coefficient (Wildman–Crippen LogP) is 7.00. The number of rotatable bonds is 10. The minimum atomic E-state index is -1.37. The summed E-state index contributed by atoms with van der Waals surface area (Å²) < 4.78 is 5.76. The summed E-state index contributed by atoms with van der Waals surface area (Å²) in [5.41, 5.74) is 6.38. The Balaban J connectivity index is 1.27. The lowest BCUT2D eigenvalue weighted by Gasteiger charge is -2.30. The van der Waals surface area contributed by atoms with Crippen LogP contribution in [0.5, 0.6) is 0 Å². The van der Waals surface area contributed by atoms with Crippen molar-refractivity contribution in [2.24, 2.45) is 5.92 Å². The molecule has 1 aliphatic heterocycles. The van der Waals surface area contributed by atoms with Crippen LogP contribution in [0.2, 0.25) is 10.0 Å². The Hall–Kier alpha value is -4.86. The van der Waals surface area contributed by atoms with Crippen LogP contribution in [0.3, 0.4) is 0 Å². The minimum Gasteiger partial charge on any atom is -0.464 e. The zero-order valence-corrected chi connectivity index (χ0v) is 27.4. The quantitative estimate of drug-likeness (QED) is 0.222. The third-order valence-corrected chi connectivity index (χ3v) is 9.39. The summed E-state index contributed by atoms with van der Waals surface area (Å²) in [5, 5.41) is 15.1.